The Morgan fingerprint density at radius 3 is 2.72 bits per heavy atom. The maximum Gasteiger partial charge on any atom is 0.204 e. The second-order valence-corrected chi connectivity index (χ2v) is 4.80. The van der Waals surface area contributed by atoms with Crippen LogP contribution in [0.25, 0.3) is 16.6 Å². The van der Waals surface area contributed by atoms with Crippen LogP contribution in [0.5, 0.6) is 0 Å². The first kappa shape index (κ1) is 12.9. The van der Waals surface area contributed by atoms with E-state index in [1.165, 1.54) is 0 Å². The minimum atomic E-state index is 0.288. The van der Waals surface area contributed by atoms with Gasteiger partial charge >= 0.3 is 0 Å². The van der Waals surface area contributed by atoms with Gasteiger partial charge in [-0.1, -0.05) is 30.9 Å². The Hall–Kier alpha value is -1.54. The number of halogens is 1. The van der Waals surface area contributed by atoms with Gasteiger partial charge < -0.3 is 4.57 Å². The fourth-order valence-electron chi connectivity index (χ4n) is 2.20. The second kappa shape index (κ2) is 4.99. The molecule has 0 radical (unpaired) electrons. The van der Waals surface area contributed by atoms with Crippen molar-refractivity contribution in [2.75, 3.05) is 0 Å². The lowest BCUT2D eigenvalue weighted by Crippen LogP contribution is -2.00. The average molecular weight is 261 g/mol. The zero-order valence-electron chi connectivity index (χ0n) is 10.9. The van der Waals surface area contributed by atoms with Crippen LogP contribution in [-0.2, 0) is 0 Å². The number of rotatable bonds is 3. The predicted octanol–water partition coefficient (Wildman–Crippen LogP) is 4.86. The maximum atomic E-state index is 6.23. The molecule has 18 heavy (non-hydrogen) atoms. The summed E-state index contributed by atoms with van der Waals surface area (Å²) in [5.41, 5.74) is 4.15. The van der Waals surface area contributed by atoms with Gasteiger partial charge in [0.1, 0.15) is 0 Å². The molecule has 2 rings (SSSR count). The molecule has 2 nitrogen and oxygen atoms in total. The average Bonchev–Trinajstić information content (AvgIpc) is 2.67. The Morgan fingerprint density at radius 1 is 1.44 bits per heavy atom. The molecule has 0 unspecified atom stereocenters. The normalized spacial score (nSPS) is 12.4. The molecule has 1 aromatic heterocycles. The van der Waals surface area contributed by atoms with Crippen LogP contribution in [0.3, 0.4) is 0 Å². The van der Waals surface area contributed by atoms with Gasteiger partial charge in [-0.25, -0.2) is 4.98 Å². The number of allylic oxidation sites excluding steroid dienone is 3. The van der Waals surface area contributed by atoms with Crippen molar-refractivity contribution in [1.29, 1.82) is 0 Å². The lowest BCUT2D eigenvalue weighted by atomic mass is 10.0. The van der Waals surface area contributed by atoms with Gasteiger partial charge in [-0.3, -0.25) is 0 Å². The third kappa shape index (κ3) is 1.97. The number of imidazole rings is 1. The molecule has 3 heteroatoms. The molecule has 0 N–H and O–H groups in total. The third-order valence-electron chi connectivity index (χ3n) is 3.04. The van der Waals surface area contributed by atoms with E-state index in [1.54, 1.807) is 0 Å². The van der Waals surface area contributed by atoms with E-state index in [4.69, 9.17) is 11.6 Å². The van der Waals surface area contributed by atoms with Gasteiger partial charge in [-0.2, -0.15) is 0 Å². The van der Waals surface area contributed by atoms with E-state index in [0.717, 1.165) is 22.2 Å². The molecule has 2 aromatic rings. The maximum absolute atomic E-state index is 6.23. The van der Waals surface area contributed by atoms with Crippen molar-refractivity contribution < 1.29 is 0 Å². The van der Waals surface area contributed by atoms with Crippen LogP contribution in [0.15, 0.2) is 36.9 Å². The highest BCUT2D eigenvalue weighted by Gasteiger charge is 2.14. The molecule has 0 saturated carbocycles. The summed E-state index contributed by atoms with van der Waals surface area (Å²) in [5, 5.41) is 0.534. The van der Waals surface area contributed by atoms with Gasteiger partial charge in [0, 0.05) is 11.6 Å². The quantitative estimate of drug-likeness (QED) is 0.721. The van der Waals surface area contributed by atoms with E-state index in [-0.39, 0.29) is 6.04 Å². The van der Waals surface area contributed by atoms with E-state index in [9.17, 15) is 0 Å². The SMILES string of the molecule is C=C/C(=C\C)c1cccc2c1nc(Cl)n2C(C)C. The lowest BCUT2D eigenvalue weighted by Gasteiger charge is -2.10. The molecule has 0 saturated heterocycles. The zero-order valence-corrected chi connectivity index (χ0v) is 11.7. The van der Waals surface area contributed by atoms with Crippen molar-refractivity contribution in [2.45, 2.75) is 26.8 Å². The number of benzene rings is 1. The number of fused-ring (bicyclic) bond motifs is 1. The van der Waals surface area contributed by atoms with E-state index in [0.29, 0.717) is 5.28 Å². The molecular weight excluding hydrogens is 244 g/mol. The Labute approximate surface area is 113 Å². The first-order chi connectivity index (χ1) is 8.60. The molecule has 0 aliphatic heterocycles. The Balaban J connectivity index is 2.80. The summed E-state index contributed by atoms with van der Waals surface area (Å²) in [6, 6.07) is 6.42. The lowest BCUT2D eigenvalue weighted by molar-refractivity contribution is 0.618. The third-order valence-corrected chi connectivity index (χ3v) is 3.30. The number of hydrogen-bond acceptors (Lipinski definition) is 1. The van der Waals surface area contributed by atoms with Crippen molar-refractivity contribution in [2.24, 2.45) is 0 Å². The van der Waals surface area contributed by atoms with Crippen molar-refractivity contribution in [3.05, 3.63) is 47.8 Å². The molecule has 0 amide bonds. The van der Waals surface area contributed by atoms with Crippen LogP contribution >= 0.6 is 11.6 Å². The zero-order chi connectivity index (χ0) is 13.3. The fraction of sp³-hybridized carbons (Fsp3) is 0.267. The van der Waals surface area contributed by atoms with Crippen LogP contribution in [-0.4, -0.2) is 9.55 Å². The number of nitrogens with zero attached hydrogens (tertiary/aromatic N) is 2. The van der Waals surface area contributed by atoms with Gasteiger partial charge in [0.2, 0.25) is 5.28 Å². The summed E-state index contributed by atoms with van der Waals surface area (Å²) in [5.74, 6) is 0. The van der Waals surface area contributed by atoms with Gasteiger partial charge in [-0.15, -0.1) is 0 Å². The molecule has 0 spiro atoms. The second-order valence-electron chi connectivity index (χ2n) is 4.47. The van der Waals surface area contributed by atoms with Crippen molar-refractivity contribution >= 4 is 28.2 Å². The number of hydrogen-bond donors (Lipinski definition) is 0. The largest absolute Gasteiger partial charge is 0.312 e. The summed E-state index contributed by atoms with van der Waals surface area (Å²) in [7, 11) is 0. The summed E-state index contributed by atoms with van der Waals surface area (Å²) in [4.78, 5) is 4.49. The van der Waals surface area contributed by atoms with Crippen LogP contribution in [0.4, 0.5) is 0 Å². The highest BCUT2D eigenvalue weighted by atomic mass is 35.5. The smallest absolute Gasteiger partial charge is 0.204 e. The van der Waals surface area contributed by atoms with E-state index < -0.39 is 0 Å². The number of para-hydroxylation sites is 1. The van der Waals surface area contributed by atoms with Crippen molar-refractivity contribution in [3.63, 3.8) is 0 Å². The summed E-state index contributed by atoms with van der Waals surface area (Å²) >= 11 is 6.23. The standard InChI is InChI=1S/C15H17ClN2/c1-5-11(6-2)12-8-7-9-13-14(12)17-15(16)18(13)10(3)4/h5-10H,1H2,2-4H3/b11-6+. The predicted molar refractivity (Wildman–Crippen MR) is 79.0 cm³/mol. The first-order valence-corrected chi connectivity index (χ1v) is 6.43. The fourth-order valence-corrected chi connectivity index (χ4v) is 2.57. The molecular formula is C15H17ClN2. The van der Waals surface area contributed by atoms with Crippen molar-refractivity contribution in [1.82, 2.24) is 9.55 Å². The minimum absolute atomic E-state index is 0.288. The minimum Gasteiger partial charge on any atom is -0.312 e. The highest BCUT2D eigenvalue weighted by molar-refractivity contribution is 6.29. The summed E-state index contributed by atoms with van der Waals surface area (Å²) < 4.78 is 2.04. The van der Waals surface area contributed by atoms with Gasteiger partial charge in [-0.05, 0) is 44.0 Å². The highest BCUT2D eigenvalue weighted by Crippen LogP contribution is 2.30. The van der Waals surface area contributed by atoms with Gasteiger partial charge in [0.05, 0.1) is 11.0 Å². The molecule has 0 aliphatic rings. The van der Waals surface area contributed by atoms with Crippen LogP contribution in [0.2, 0.25) is 5.28 Å². The monoisotopic (exact) mass is 260 g/mol. The van der Waals surface area contributed by atoms with E-state index in [2.05, 4.69) is 25.4 Å². The molecule has 0 atom stereocenters. The van der Waals surface area contributed by atoms with Crippen molar-refractivity contribution in [3.8, 4) is 0 Å². The number of aromatic nitrogens is 2. The van der Waals surface area contributed by atoms with Gasteiger partial charge in [0.25, 0.3) is 0 Å². The molecule has 94 valence electrons. The molecule has 1 aromatic carbocycles. The molecule has 0 aliphatic carbocycles. The topological polar surface area (TPSA) is 17.8 Å². The van der Waals surface area contributed by atoms with Crippen LogP contribution in [0.1, 0.15) is 32.4 Å². The Kier molecular flexibility index (Phi) is 3.58. The van der Waals surface area contributed by atoms with Crippen LogP contribution < -0.4 is 0 Å². The first-order valence-electron chi connectivity index (χ1n) is 6.05. The van der Waals surface area contributed by atoms with E-state index in [1.807, 2.05) is 41.8 Å². The Bertz CT molecular complexity index is 621. The van der Waals surface area contributed by atoms with E-state index >= 15 is 0 Å². The summed E-state index contributed by atoms with van der Waals surface area (Å²) in [6.45, 7) is 10.0. The Morgan fingerprint density at radius 2 is 2.17 bits per heavy atom. The molecule has 0 bridgehead atoms. The summed E-state index contributed by atoms with van der Waals surface area (Å²) in [6.07, 6.45) is 3.88. The molecule has 0 fully saturated rings. The van der Waals surface area contributed by atoms with Gasteiger partial charge in [0.15, 0.2) is 0 Å². The molecule has 1 heterocycles. The van der Waals surface area contributed by atoms with Crippen LogP contribution in [0, 0.1) is 0 Å².